The highest BCUT2D eigenvalue weighted by Gasteiger charge is 2.28. The molecule has 0 saturated heterocycles. The van der Waals surface area contributed by atoms with Crippen LogP contribution in [0.5, 0.6) is 6.08 Å². The Morgan fingerprint density at radius 3 is 3.11 bits per heavy atom. The molecule has 0 spiro atoms. The zero-order valence-electron chi connectivity index (χ0n) is 10.4. The van der Waals surface area contributed by atoms with Gasteiger partial charge >= 0.3 is 12.0 Å². The van der Waals surface area contributed by atoms with E-state index < -0.39 is 12.0 Å². The smallest absolute Gasteiger partial charge is 0.374 e. The lowest BCUT2D eigenvalue weighted by molar-refractivity contribution is -0.138. The van der Waals surface area contributed by atoms with E-state index in [0.29, 0.717) is 5.82 Å². The van der Waals surface area contributed by atoms with E-state index in [1.54, 1.807) is 6.92 Å². The van der Waals surface area contributed by atoms with Crippen LogP contribution in [-0.4, -0.2) is 22.7 Å². The van der Waals surface area contributed by atoms with Gasteiger partial charge < -0.3 is 10.1 Å². The highest BCUT2D eigenvalue weighted by Crippen LogP contribution is 2.24. The molecule has 0 fully saturated rings. The van der Waals surface area contributed by atoms with Gasteiger partial charge in [-0.05, 0) is 24.5 Å². The fraction of sp³-hybridized carbons (Fsp3) is 0.308. The van der Waals surface area contributed by atoms with E-state index in [9.17, 15) is 4.79 Å². The summed E-state index contributed by atoms with van der Waals surface area (Å²) in [5.41, 5.74) is 2.10. The summed E-state index contributed by atoms with van der Waals surface area (Å²) in [4.78, 5) is 16.0. The van der Waals surface area contributed by atoms with E-state index >= 15 is 0 Å². The lowest BCUT2D eigenvalue weighted by Gasteiger charge is -2.24. The zero-order chi connectivity index (χ0) is 13.2. The predicted molar refractivity (Wildman–Crippen MR) is 65.6 cm³/mol. The van der Waals surface area contributed by atoms with Gasteiger partial charge in [-0.3, -0.25) is 4.52 Å². The minimum absolute atomic E-state index is 0.118. The number of rotatable bonds is 2. The van der Waals surface area contributed by atoms with Gasteiger partial charge in [-0.25, -0.2) is 4.79 Å². The van der Waals surface area contributed by atoms with Gasteiger partial charge in [0.05, 0.1) is 0 Å². The number of esters is 1. The fourth-order valence-electron chi connectivity index (χ4n) is 2.18. The highest BCUT2D eigenvalue weighted by atomic mass is 16.7. The first kappa shape index (κ1) is 11.9. The number of ether oxygens (including phenoxy) is 1. The van der Waals surface area contributed by atoms with E-state index in [2.05, 4.69) is 15.5 Å². The van der Waals surface area contributed by atoms with Gasteiger partial charge in [-0.15, -0.1) is 0 Å². The Labute approximate surface area is 109 Å². The zero-order valence-corrected chi connectivity index (χ0v) is 10.4. The van der Waals surface area contributed by atoms with Crippen molar-refractivity contribution < 1.29 is 14.1 Å². The predicted octanol–water partition coefficient (Wildman–Crippen LogP) is 1.17. The highest BCUT2D eigenvalue weighted by molar-refractivity contribution is 5.80. The summed E-state index contributed by atoms with van der Waals surface area (Å²) < 4.78 is 9.87. The molecule has 1 N–H and O–H groups in total. The normalized spacial score (nSPS) is 17.8. The van der Waals surface area contributed by atoms with Crippen molar-refractivity contribution in [3.8, 4) is 6.08 Å². The maximum absolute atomic E-state index is 12.1. The fourth-order valence-corrected chi connectivity index (χ4v) is 2.18. The van der Waals surface area contributed by atoms with Crippen molar-refractivity contribution in [2.45, 2.75) is 19.4 Å². The summed E-state index contributed by atoms with van der Waals surface area (Å²) >= 11 is 0. The first-order chi connectivity index (χ1) is 9.24. The molecule has 1 aromatic heterocycles. The van der Waals surface area contributed by atoms with E-state index in [4.69, 9.17) is 9.26 Å². The van der Waals surface area contributed by atoms with Crippen molar-refractivity contribution in [2.75, 3.05) is 6.54 Å². The molecule has 1 aromatic carbocycles. The van der Waals surface area contributed by atoms with Crippen molar-refractivity contribution in [1.82, 2.24) is 15.5 Å². The summed E-state index contributed by atoms with van der Waals surface area (Å²) in [7, 11) is 0. The Hall–Kier alpha value is -2.21. The van der Waals surface area contributed by atoms with Gasteiger partial charge in [-0.2, -0.15) is 4.98 Å². The van der Waals surface area contributed by atoms with Crippen LogP contribution in [0.25, 0.3) is 0 Å². The van der Waals surface area contributed by atoms with Crippen LogP contribution in [0.3, 0.4) is 0 Å². The SMILES string of the molecule is Cc1noc(OC(=O)C2NCCc3ccccc32)n1. The molecule has 1 aliphatic rings. The minimum Gasteiger partial charge on any atom is -0.374 e. The van der Waals surface area contributed by atoms with Crippen LogP contribution in [0.4, 0.5) is 0 Å². The van der Waals surface area contributed by atoms with Crippen LogP contribution in [0.2, 0.25) is 0 Å². The molecular weight excluding hydrogens is 246 g/mol. The van der Waals surface area contributed by atoms with E-state index in [1.807, 2.05) is 24.3 Å². The molecule has 2 heterocycles. The number of nitrogens with one attached hydrogen (secondary N) is 1. The van der Waals surface area contributed by atoms with Crippen molar-refractivity contribution in [1.29, 1.82) is 0 Å². The molecule has 6 heteroatoms. The van der Waals surface area contributed by atoms with Crippen molar-refractivity contribution in [3.63, 3.8) is 0 Å². The summed E-state index contributed by atoms with van der Waals surface area (Å²) in [6.45, 7) is 2.40. The number of hydrogen-bond donors (Lipinski definition) is 1. The molecule has 0 bridgehead atoms. The molecule has 1 atom stereocenters. The van der Waals surface area contributed by atoms with Gasteiger partial charge in [0, 0.05) is 6.54 Å². The lowest BCUT2D eigenvalue weighted by Crippen LogP contribution is -2.37. The molecule has 0 aliphatic carbocycles. The molecule has 1 unspecified atom stereocenters. The van der Waals surface area contributed by atoms with Gasteiger partial charge in [0.25, 0.3) is 0 Å². The molecule has 0 saturated carbocycles. The number of aryl methyl sites for hydroxylation is 1. The van der Waals surface area contributed by atoms with Crippen LogP contribution in [0, 0.1) is 6.92 Å². The third-order valence-electron chi connectivity index (χ3n) is 3.04. The summed E-state index contributed by atoms with van der Waals surface area (Å²) in [5, 5.41) is 6.71. The molecule has 1 aliphatic heterocycles. The van der Waals surface area contributed by atoms with Crippen LogP contribution in [-0.2, 0) is 11.2 Å². The first-order valence-electron chi connectivity index (χ1n) is 6.07. The number of carbonyl (C=O) groups is 1. The second-order valence-corrected chi connectivity index (χ2v) is 4.36. The van der Waals surface area contributed by atoms with E-state index in [0.717, 1.165) is 24.1 Å². The quantitative estimate of drug-likeness (QED) is 0.816. The van der Waals surface area contributed by atoms with Crippen LogP contribution in [0.1, 0.15) is 23.0 Å². The van der Waals surface area contributed by atoms with Crippen molar-refractivity contribution >= 4 is 5.97 Å². The number of aromatic nitrogens is 2. The Kier molecular flexibility index (Phi) is 3.00. The van der Waals surface area contributed by atoms with Crippen molar-refractivity contribution in [3.05, 3.63) is 41.2 Å². The van der Waals surface area contributed by atoms with E-state index in [1.165, 1.54) is 0 Å². The molecule has 2 aromatic rings. The average Bonchev–Trinajstić information content (AvgIpc) is 2.83. The van der Waals surface area contributed by atoms with Gasteiger partial charge in [-0.1, -0.05) is 29.4 Å². The Balaban J connectivity index is 1.81. The second-order valence-electron chi connectivity index (χ2n) is 4.36. The minimum atomic E-state index is -0.489. The maximum Gasteiger partial charge on any atom is 0.425 e. The van der Waals surface area contributed by atoms with Gasteiger partial charge in [0.2, 0.25) is 0 Å². The summed E-state index contributed by atoms with van der Waals surface area (Å²) in [6.07, 6.45) is 0.784. The van der Waals surface area contributed by atoms with Gasteiger partial charge in [0.1, 0.15) is 6.04 Å². The van der Waals surface area contributed by atoms with Crippen LogP contribution >= 0.6 is 0 Å². The number of carbonyl (C=O) groups excluding carboxylic acids is 1. The third kappa shape index (κ3) is 2.34. The molecule has 98 valence electrons. The Morgan fingerprint density at radius 1 is 1.47 bits per heavy atom. The topological polar surface area (TPSA) is 77.2 Å². The standard InChI is InChI=1S/C13H13N3O3/c1-8-15-13(19-16-8)18-12(17)11-10-5-3-2-4-9(10)6-7-14-11/h2-5,11,14H,6-7H2,1H3. The number of nitrogens with zero attached hydrogens (tertiary/aromatic N) is 2. The first-order valence-corrected chi connectivity index (χ1v) is 6.07. The van der Waals surface area contributed by atoms with E-state index in [-0.39, 0.29) is 6.08 Å². The van der Waals surface area contributed by atoms with Gasteiger partial charge in [0.15, 0.2) is 5.82 Å². The molecule has 19 heavy (non-hydrogen) atoms. The monoisotopic (exact) mass is 259 g/mol. The number of benzene rings is 1. The van der Waals surface area contributed by atoms with Crippen LogP contribution < -0.4 is 10.1 Å². The Bertz CT molecular complexity index is 609. The summed E-state index contributed by atoms with van der Waals surface area (Å²) in [5.74, 6) is -0.00407. The third-order valence-corrected chi connectivity index (χ3v) is 3.04. The van der Waals surface area contributed by atoms with Crippen LogP contribution in [0.15, 0.2) is 28.8 Å². The lowest BCUT2D eigenvalue weighted by atomic mass is 9.94. The average molecular weight is 259 g/mol. The number of fused-ring (bicyclic) bond motifs is 1. The molecule has 0 amide bonds. The maximum atomic E-state index is 12.1. The van der Waals surface area contributed by atoms with Crippen molar-refractivity contribution in [2.24, 2.45) is 0 Å². The number of hydrogen-bond acceptors (Lipinski definition) is 6. The molecular formula is C13H13N3O3. The Morgan fingerprint density at radius 2 is 2.32 bits per heavy atom. The molecule has 0 radical (unpaired) electrons. The second kappa shape index (κ2) is 4.81. The molecule has 3 rings (SSSR count). The molecule has 6 nitrogen and oxygen atoms in total. The summed E-state index contributed by atoms with van der Waals surface area (Å²) in [6, 6.07) is 7.33. The largest absolute Gasteiger partial charge is 0.425 e.